The summed E-state index contributed by atoms with van der Waals surface area (Å²) < 4.78 is 18.6. The maximum Gasteiger partial charge on any atom is 0.407 e. The molecule has 2 aliphatic heterocycles. The van der Waals surface area contributed by atoms with E-state index in [1.54, 1.807) is 11.9 Å². The highest BCUT2D eigenvalue weighted by molar-refractivity contribution is 6.92. The molecule has 0 bridgehead atoms. The van der Waals surface area contributed by atoms with Gasteiger partial charge >= 0.3 is 14.5 Å². The van der Waals surface area contributed by atoms with Crippen molar-refractivity contribution in [3.8, 4) is 0 Å². The third-order valence-corrected chi connectivity index (χ3v) is 10.5. The fourth-order valence-corrected chi connectivity index (χ4v) is 8.20. The van der Waals surface area contributed by atoms with E-state index in [1.807, 2.05) is 91.0 Å². The number of fused-ring (bicyclic) bond motifs is 1. The van der Waals surface area contributed by atoms with Crippen LogP contribution in [-0.2, 0) is 28.0 Å². The molecule has 3 atom stereocenters. The topological polar surface area (TPSA) is 85.2 Å². The monoisotopic (exact) mass is 542 g/mol. The average molecular weight is 543 g/mol. The first kappa shape index (κ1) is 26.7. The van der Waals surface area contributed by atoms with E-state index in [0.29, 0.717) is 0 Å². The van der Waals surface area contributed by atoms with Crippen LogP contribution in [0.4, 0.5) is 0 Å². The number of hydrogen-bond acceptors (Lipinski definition) is 7. The van der Waals surface area contributed by atoms with Crippen molar-refractivity contribution in [3.63, 3.8) is 0 Å². The van der Waals surface area contributed by atoms with Gasteiger partial charge in [-0.05, 0) is 23.0 Å². The number of carbonyl (C=O) groups excluding carboxylic acids is 3. The van der Waals surface area contributed by atoms with Gasteiger partial charge in [-0.1, -0.05) is 97.6 Å². The predicted molar refractivity (Wildman–Crippen MR) is 147 cm³/mol. The Morgan fingerprint density at radius 1 is 0.846 bits per heavy atom. The molecule has 2 unspecified atom stereocenters. The van der Waals surface area contributed by atoms with E-state index in [2.05, 4.69) is 6.58 Å². The summed E-state index contributed by atoms with van der Waals surface area (Å²) in [5, 5.41) is 1.69. The fourth-order valence-electron chi connectivity index (χ4n) is 5.09. The van der Waals surface area contributed by atoms with Gasteiger partial charge in [0.25, 0.3) is 0 Å². The Kier molecular flexibility index (Phi) is 7.85. The Morgan fingerprint density at radius 2 is 1.36 bits per heavy atom. The van der Waals surface area contributed by atoms with Gasteiger partial charge in [-0.15, -0.1) is 0 Å². The SMILES string of the molecule is C=CC(=O)OCCO[Si](OC[C@@H](c1ccccc1)N1C(=O)C2C(C1=O)N2C)(c1ccccc1)c1ccccc1. The summed E-state index contributed by atoms with van der Waals surface area (Å²) in [6.45, 7) is 3.57. The third kappa shape index (κ3) is 5.22. The first-order valence-corrected chi connectivity index (χ1v) is 14.6. The van der Waals surface area contributed by atoms with E-state index in [9.17, 15) is 14.4 Å². The number of imide groups is 1. The molecule has 0 spiro atoms. The minimum absolute atomic E-state index is 0.0174. The predicted octanol–water partition coefficient (Wildman–Crippen LogP) is 1.80. The molecule has 0 N–H and O–H groups in total. The van der Waals surface area contributed by atoms with Crippen LogP contribution in [0, 0.1) is 0 Å². The lowest BCUT2D eigenvalue weighted by atomic mass is 10.1. The lowest BCUT2D eigenvalue weighted by Crippen LogP contribution is -2.64. The number of benzene rings is 3. The molecule has 2 heterocycles. The van der Waals surface area contributed by atoms with Crippen LogP contribution >= 0.6 is 0 Å². The van der Waals surface area contributed by atoms with Crippen molar-refractivity contribution in [2.24, 2.45) is 0 Å². The number of likely N-dealkylation sites (tertiary alicyclic amines) is 1. The summed E-state index contributed by atoms with van der Waals surface area (Å²) in [5.41, 5.74) is 0.798. The molecular weight excluding hydrogens is 512 g/mol. The fraction of sp³-hybridized carbons (Fsp3) is 0.233. The number of esters is 1. The normalized spacial score (nSPS) is 20.8. The zero-order valence-electron chi connectivity index (χ0n) is 21.6. The van der Waals surface area contributed by atoms with Gasteiger partial charge in [0.15, 0.2) is 0 Å². The Bertz CT molecular complexity index is 1280. The van der Waals surface area contributed by atoms with E-state index < -0.39 is 32.7 Å². The highest BCUT2D eigenvalue weighted by atomic mass is 28.4. The zero-order chi connectivity index (χ0) is 27.4. The van der Waals surface area contributed by atoms with Crippen molar-refractivity contribution < 1.29 is 28.0 Å². The van der Waals surface area contributed by atoms with Crippen LogP contribution in [0.2, 0.25) is 0 Å². The minimum Gasteiger partial charge on any atom is -0.460 e. The van der Waals surface area contributed by atoms with Crippen molar-refractivity contribution in [1.29, 1.82) is 0 Å². The zero-order valence-corrected chi connectivity index (χ0v) is 22.6. The molecule has 9 heteroatoms. The van der Waals surface area contributed by atoms with Gasteiger partial charge in [-0.3, -0.25) is 19.4 Å². The molecule has 8 nitrogen and oxygen atoms in total. The van der Waals surface area contributed by atoms with Crippen LogP contribution in [0.3, 0.4) is 0 Å². The highest BCUT2D eigenvalue weighted by Crippen LogP contribution is 2.40. The second-order valence-electron chi connectivity index (χ2n) is 9.41. The van der Waals surface area contributed by atoms with Crippen molar-refractivity contribution in [1.82, 2.24) is 9.80 Å². The van der Waals surface area contributed by atoms with Crippen LogP contribution in [-0.4, -0.2) is 75.1 Å². The van der Waals surface area contributed by atoms with Gasteiger partial charge < -0.3 is 13.6 Å². The smallest absolute Gasteiger partial charge is 0.407 e. The van der Waals surface area contributed by atoms with E-state index >= 15 is 0 Å². The number of ether oxygens (including phenoxy) is 1. The van der Waals surface area contributed by atoms with Crippen molar-refractivity contribution in [2.45, 2.75) is 18.1 Å². The molecule has 0 radical (unpaired) electrons. The highest BCUT2D eigenvalue weighted by Gasteiger charge is 2.65. The van der Waals surface area contributed by atoms with Gasteiger partial charge in [0.2, 0.25) is 11.8 Å². The summed E-state index contributed by atoms with van der Waals surface area (Å²) in [4.78, 5) is 41.3. The maximum atomic E-state index is 13.3. The lowest BCUT2D eigenvalue weighted by molar-refractivity contribution is -0.146. The van der Waals surface area contributed by atoms with Crippen LogP contribution in [0.15, 0.2) is 104 Å². The van der Waals surface area contributed by atoms with Crippen LogP contribution in [0.1, 0.15) is 11.6 Å². The average Bonchev–Trinajstić information content (AvgIpc) is 3.59. The largest absolute Gasteiger partial charge is 0.460 e. The summed E-state index contributed by atoms with van der Waals surface area (Å²) >= 11 is 0. The van der Waals surface area contributed by atoms with E-state index in [0.717, 1.165) is 22.0 Å². The summed E-state index contributed by atoms with van der Waals surface area (Å²) in [6, 6.07) is 27.2. The number of nitrogens with zero attached hydrogens (tertiary/aromatic N) is 2. The molecule has 0 aromatic heterocycles. The first-order chi connectivity index (χ1) is 19.0. The molecule has 2 amide bonds. The number of amides is 2. The Balaban J connectivity index is 1.50. The van der Waals surface area contributed by atoms with Crippen LogP contribution < -0.4 is 10.4 Å². The number of rotatable bonds is 12. The standard InChI is InChI=1S/C30H30N2O6Si/c1-3-26(33)36-19-20-37-39(23-15-9-5-10-16-23,24-17-11-6-12-18-24)38-21-25(22-13-7-4-8-14-22)32-29(34)27-28(30(32)35)31(27)2/h3-18,25,27-28H,1,19-21H2,2H3/t25-,27?,28?,31?/m0/s1. The lowest BCUT2D eigenvalue weighted by Gasteiger charge is -2.35. The molecule has 3 aromatic rings. The van der Waals surface area contributed by atoms with Crippen LogP contribution in [0.5, 0.6) is 0 Å². The molecule has 200 valence electrons. The molecule has 5 rings (SSSR count). The van der Waals surface area contributed by atoms with Gasteiger partial charge in [-0.2, -0.15) is 0 Å². The molecule has 39 heavy (non-hydrogen) atoms. The van der Waals surface area contributed by atoms with Crippen LogP contribution in [0.25, 0.3) is 0 Å². The molecule has 2 aliphatic rings. The number of likely N-dealkylation sites (N-methyl/N-ethyl adjacent to an activating group) is 1. The minimum atomic E-state index is -3.42. The number of carbonyl (C=O) groups is 3. The molecule has 3 aromatic carbocycles. The second kappa shape index (κ2) is 11.5. The van der Waals surface area contributed by atoms with Crippen molar-refractivity contribution in [2.75, 3.05) is 26.9 Å². The van der Waals surface area contributed by atoms with Gasteiger partial charge in [0.05, 0.1) is 19.3 Å². The number of hydrogen-bond donors (Lipinski definition) is 0. The first-order valence-electron chi connectivity index (χ1n) is 12.8. The van der Waals surface area contributed by atoms with Crippen molar-refractivity contribution in [3.05, 3.63) is 109 Å². The number of piperazine rings is 1. The molecular formula is C30H30N2O6Si. The van der Waals surface area contributed by atoms with Gasteiger partial charge in [0.1, 0.15) is 18.7 Å². The third-order valence-electron chi connectivity index (χ3n) is 7.12. The van der Waals surface area contributed by atoms with Gasteiger partial charge in [0, 0.05) is 6.08 Å². The molecule has 2 fully saturated rings. The van der Waals surface area contributed by atoms with Crippen molar-refractivity contribution >= 4 is 36.7 Å². The second-order valence-corrected chi connectivity index (χ2v) is 12.4. The summed E-state index contributed by atoms with van der Waals surface area (Å²) in [7, 11) is -1.63. The van der Waals surface area contributed by atoms with Gasteiger partial charge in [-0.25, -0.2) is 4.79 Å². The molecule has 2 saturated heterocycles. The van der Waals surface area contributed by atoms with E-state index in [4.69, 9.17) is 13.6 Å². The molecule has 0 aliphatic carbocycles. The summed E-state index contributed by atoms with van der Waals surface area (Å²) in [6.07, 6.45) is 1.10. The maximum absolute atomic E-state index is 13.3. The quantitative estimate of drug-likeness (QED) is 0.0862. The summed E-state index contributed by atoms with van der Waals surface area (Å²) in [5.74, 6) is -0.965. The van der Waals surface area contributed by atoms with E-state index in [1.165, 1.54) is 4.90 Å². The Morgan fingerprint density at radius 3 is 1.87 bits per heavy atom. The Labute approximate surface area is 228 Å². The van der Waals surface area contributed by atoms with E-state index in [-0.39, 0.29) is 31.6 Å². The molecule has 0 saturated carbocycles. The Hall–Kier alpha value is -3.89.